The van der Waals surface area contributed by atoms with Crippen LogP contribution in [0.1, 0.15) is 38.8 Å². The molecule has 0 unspecified atom stereocenters. The molecule has 0 amide bonds. The summed E-state index contributed by atoms with van der Waals surface area (Å²) < 4.78 is 3.18. The third-order valence-electron chi connectivity index (χ3n) is 7.82. The number of benzene rings is 1. The van der Waals surface area contributed by atoms with Crippen molar-refractivity contribution in [3.8, 4) is 5.82 Å². The van der Waals surface area contributed by atoms with Crippen molar-refractivity contribution in [1.82, 2.24) is 34.5 Å². The minimum absolute atomic E-state index is 0. The summed E-state index contributed by atoms with van der Waals surface area (Å²) in [4.78, 5) is 32.1. The van der Waals surface area contributed by atoms with Gasteiger partial charge in [-0.3, -0.25) is 9.69 Å². The molecule has 11 nitrogen and oxygen atoms in total. The van der Waals surface area contributed by atoms with Crippen LogP contribution in [0.4, 0.5) is 17.3 Å². The highest BCUT2D eigenvalue weighted by molar-refractivity contribution is 5.85. The summed E-state index contributed by atoms with van der Waals surface area (Å²) in [7, 11) is 2.01. The minimum Gasteiger partial charge on any atom is -0.384 e. The van der Waals surface area contributed by atoms with Crippen LogP contribution in [0.25, 0.3) is 16.9 Å². The third kappa shape index (κ3) is 7.65. The molecule has 0 aliphatic carbocycles. The van der Waals surface area contributed by atoms with E-state index < -0.39 is 5.60 Å². The van der Waals surface area contributed by atoms with Gasteiger partial charge in [-0.05, 0) is 83.2 Å². The van der Waals surface area contributed by atoms with Crippen LogP contribution in [-0.4, -0.2) is 80.6 Å². The van der Waals surface area contributed by atoms with Crippen LogP contribution in [0.15, 0.2) is 66.1 Å². The van der Waals surface area contributed by atoms with Gasteiger partial charge in [0.05, 0.1) is 12.2 Å². The van der Waals surface area contributed by atoms with Crippen LogP contribution in [0, 0.1) is 0 Å². The second-order valence-electron chi connectivity index (χ2n) is 11.5. The van der Waals surface area contributed by atoms with Crippen molar-refractivity contribution < 1.29 is 5.11 Å². The van der Waals surface area contributed by atoms with E-state index in [9.17, 15) is 9.90 Å². The number of pyridine rings is 1. The predicted molar refractivity (Wildman–Crippen MR) is 180 cm³/mol. The standard InChI is InChI=1S/C32H43N9O2.ClH/c1-5-17-40-30(42)26-23-34-31(37-29(26)41(40)28-11-9-10-27(36-28)32(2,3)43)35-24-12-14-25(15-13-24)39-21-19-38(20-22-39)18-8-6-7-16-33-4;/h5,9-15,23,33,43H,1,6-8,16-22H2,2-4H3,(H,34,35,37);1H. The van der Waals surface area contributed by atoms with Crippen LogP contribution in [0.2, 0.25) is 0 Å². The minimum atomic E-state index is -1.14. The number of halogens is 1. The number of nitrogens with zero attached hydrogens (tertiary/aromatic N) is 7. The predicted octanol–water partition coefficient (Wildman–Crippen LogP) is 4.07. The van der Waals surface area contributed by atoms with Crippen molar-refractivity contribution >= 4 is 40.8 Å². The molecule has 236 valence electrons. The number of nitrogens with one attached hydrogen (secondary N) is 2. The number of fused-ring (bicyclic) bond motifs is 1. The van der Waals surface area contributed by atoms with Crippen LogP contribution in [0.5, 0.6) is 0 Å². The van der Waals surface area contributed by atoms with Gasteiger partial charge in [0, 0.05) is 43.8 Å². The monoisotopic (exact) mass is 621 g/mol. The molecule has 0 saturated carbocycles. The molecule has 1 aliphatic rings. The highest BCUT2D eigenvalue weighted by Gasteiger charge is 2.22. The van der Waals surface area contributed by atoms with E-state index >= 15 is 0 Å². The molecule has 0 spiro atoms. The van der Waals surface area contributed by atoms with Gasteiger partial charge in [0.15, 0.2) is 11.5 Å². The van der Waals surface area contributed by atoms with Crippen molar-refractivity contribution in [2.24, 2.45) is 0 Å². The first-order chi connectivity index (χ1) is 20.8. The Morgan fingerprint density at radius 2 is 1.77 bits per heavy atom. The molecule has 1 saturated heterocycles. The number of allylic oxidation sites excluding steroid dienone is 1. The Balaban J connectivity index is 0.00000442. The summed E-state index contributed by atoms with van der Waals surface area (Å²) in [6.07, 6.45) is 6.96. The van der Waals surface area contributed by atoms with E-state index in [-0.39, 0.29) is 24.5 Å². The van der Waals surface area contributed by atoms with Gasteiger partial charge >= 0.3 is 0 Å². The molecule has 4 aromatic rings. The summed E-state index contributed by atoms with van der Waals surface area (Å²) in [6.45, 7) is 13.9. The lowest BCUT2D eigenvalue weighted by Gasteiger charge is -2.36. The normalized spacial score (nSPS) is 14.0. The SMILES string of the molecule is C=CCn1c(=O)c2cnc(Nc3ccc(N4CCN(CCCCCNC)CC4)cc3)nc2n1-c1cccc(C(C)(C)O)n1.Cl. The van der Waals surface area contributed by atoms with Gasteiger partial charge < -0.3 is 20.6 Å². The Morgan fingerprint density at radius 3 is 2.45 bits per heavy atom. The molecule has 3 N–H and O–H groups in total. The number of aromatic nitrogens is 5. The summed E-state index contributed by atoms with van der Waals surface area (Å²) in [5.74, 6) is 0.836. The average molecular weight is 622 g/mol. The molecule has 5 rings (SSSR count). The molecule has 1 aliphatic heterocycles. The second-order valence-corrected chi connectivity index (χ2v) is 11.5. The van der Waals surface area contributed by atoms with Crippen molar-refractivity contribution in [2.75, 3.05) is 56.5 Å². The van der Waals surface area contributed by atoms with Gasteiger partial charge in [-0.2, -0.15) is 4.98 Å². The van der Waals surface area contributed by atoms with Crippen molar-refractivity contribution in [1.29, 1.82) is 0 Å². The van der Waals surface area contributed by atoms with Gasteiger partial charge in [-0.1, -0.05) is 18.6 Å². The Labute approximate surface area is 265 Å². The van der Waals surface area contributed by atoms with Gasteiger partial charge in [-0.15, -0.1) is 19.0 Å². The fourth-order valence-corrected chi connectivity index (χ4v) is 5.42. The van der Waals surface area contributed by atoms with Gasteiger partial charge in [0.1, 0.15) is 11.0 Å². The molecule has 0 radical (unpaired) electrons. The zero-order valence-electron chi connectivity index (χ0n) is 25.9. The number of rotatable bonds is 13. The Bertz CT molecular complexity index is 1590. The zero-order valence-corrected chi connectivity index (χ0v) is 26.7. The first-order valence-electron chi connectivity index (χ1n) is 15.1. The Hall–Kier alpha value is -3.77. The first-order valence-corrected chi connectivity index (χ1v) is 15.1. The van der Waals surface area contributed by atoms with E-state index in [4.69, 9.17) is 4.98 Å². The maximum absolute atomic E-state index is 13.3. The molecule has 12 heteroatoms. The largest absolute Gasteiger partial charge is 0.384 e. The summed E-state index contributed by atoms with van der Waals surface area (Å²) >= 11 is 0. The molecule has 1 fully saturated rings. The summed E-state index contributed by atoms with van der Waals surface area (Å²) in [5, 5.41) is 17.4. The quantitative estimate of drug-likeness (QED) is 0.150. The number of hydrogen-bond donors (Lipinski definition) is 3. The second kappa shape index (κ2) is 14.8. The van der Waals surface area contributed by atoms with E-state index in [2.05, 4.69) is 49.1 Å². The molecular formula is C32H44ClN9O2. The fraction of sp³-hybridized carbons (Fsp3) is 0.438. The van der Waals surface area contributed by atoms with Crippen LogP contribution in [-0.2, 0) is 12.1 Å². The number of hydrogen-bond acceptors (Lipinski definition) is 9. The third-order valence-corrected chi connectivity index (χ3v) is 7.82. The van der Waals surface area contributed by atoms with E-state index in [1.807, 2.05) is 19.2 Å². The number of unbranched alkanes of at least 4 members (excludes halogenated alkanes) is 2. The van der Waals surface area contributed by atoms with Gasteiger partial charge in [-0.25, -0.2) is 19.3 Å². The zero-order chi connectivity index (χ0) is 30.4. The van der Waals surface area contributed by atoms with E-state index in [0.29, 0.717) is 28.5 Å². The average Bonchev–Trinajstić information content (AvgIpc) is 3.28. The molecule has 0 bridgehead atoms. The fourth-order valence-electron chi connectivity index (χ4n) is 5.42. The highest BCUT2D eigenvalue weighted by atomic mass is 35.5. The highest BCUT2D eigenvalue weighted by Crippen LogP contribution is 2.24. The number of aliphatic hydroxyl groups is 1. The maximum Gasteiger partial charge on any atom is 0.278 e. The van der Waals surface area contributed by atoms with Crippen LogP contribution < -0.4 is 21.1 Å². The molecule has 44 heavy (non-hydrogen) atoms. The smallest absolute Gasteiger partial charge is 0.278 e. The molecule has 1 aromatic carbocycles. The topological polar surface area (TPSA) is 116 Å². The molecule has 4 heterocycles. The lowest BCUT2D eigenvalue weighted by Crippen LogP contribution is -2.46. The number of piperazine rings is 1. The van der Waals surface area contributed by atoms with E-state index in [0.717, 1.165) is 38.4 Å². The maximum atomic E-state index is 13.3. The van der Waals surface area contributed by atoms with Crippen molar-refractivity contribution in [2.45, 2.75) is 45.3 Å². The van der Waals surface area contributed by atoms with Gasteiger partial charge in [0.25, 0.3) is 5.56 Å². The number of anilines is 3. The van der Waals surface area contributed by atoms with Crippen molar-refractivity contribution in [3.05, 3.63) is 77.4 Å². The first kappa shape index (κ1) is 33.1. The summed E-state index contributed by atoms with van der Waals surface area (Å²) in [5.41, 5.74) is 1.57. The van der Waals surface area contributed by atoms with Crippen LogP contribution in [0.3, 0.4) is 0 Å². The molecular weight excluding hydrogens is 578 g/mol. The van der Waals surface area contributed by atoms with E-state index in [1.165, 1.54) is 42.4 Å². The lowest BCUT2D eigenvalue weighted by molar-refractivity contribution is 0.0738. The molecule has 0 atom stereocenters. The Morgan fingerprint density at radius 1 is 1.02 bits per heavy atom. The van der Waals surface area contributed by atoms with Crippen molar-refractivity contribution in [3.63, 3.8) is 0 Å². The van der Waals surface area contributed by atoms with Gasteiger partial charge in [0.2, 0.25) is 5.95 Å². The molecule has 3 aromatic heterocycles. The van der Waals surface area contributed by atoms with E-state index in [1.54, 1.807) is 42.8 Å². The summed E-state index contributed by atoms with van der Waals surface area (Å²) in [6, 6.07) is 13.6. The van der Waals surface area contributed by atoms with Crippen LogP contribution >= 0.6 is 12.4 Å². The lowest BCUT2D eigenvalue weighted by atomic mass is 10.1. The Kier molecular flexibility index (Phi) is 11.1.